The molecular formula is C21H10Cl4O2. The molecule has 134 valence electrons. The molecule has 4 aromatic rings. The molecule has 0 N–H and O–H groups in total. The van der Waals surface area contributed by atoms with Crippen molar-refractivity contribution in [3.63, 3.8) is 0 Å². The van der Waals surface area contributed by atoms with Crippen LogP contribution in [0.5, 0.6) is 0 Å². The van der Waals surface area contributed by atoms with Crippen molar-refractivity contribution in [3.8, 4) is 22.3 Å². The van der Waals surface area contributed by atoms with Gasteiger partial charge in [-0.3, -0.25) is 0 Å². The van der Waals surface area contributed by atoms with Crippen LogP contribution in [0.4, 0.5) is 0 Å². The molecule has 2 nitrogen and oxygen atoms in total. The fraction of sp³-hybridized carbons (Fsp3) is 0. The lowest BCUT2D eigenvalue weighted by Gasteiger charge is -2.14. The van der Waals surface area contributed by atoms with Gasteiger partial charge in [-0.25, -0.2) is 4.79 Å². The molecule has 0 unspecified atom stereocenters. The van der Waals surface area contributed by atoms with Gasteiger partial charge in [0.15, 0.2) is 5.58 Å². The molecule has 1 heterocycles. The van der Waals surface area contributed by atoms with E-state index in [1.54, 1.807) is 24.3 Å². The highest BCUT2D eigenvalue weighted by Crippen LogP contribution is 2.41. The van der Waals surface area contributed by atoms with Crippen molar-refractivity contribution in [3.05, 3.63) is 91.2 Å². The average molecular weight is 436 g/mol. The second kappa shape index (κ2) is 7.21. The summed E-state index contributed by atoms with van der Waals surface area (Å²) >= 11 is 24.9. The lowest BCUT2D eigenvalue weighted by molar-refractivity contribution is 0.564. The summed E-state index contributed by atoms with van der Waals surface area (Å²) in [7, 11) is 0. The first-order valence-corrected chi connectivity index (χ1v) is 9.43. The van der Waals surface area contributed by atoms with E-state index >= 15 is 0 Å². The minimum atomic E-state index is -0.546. The fourth-order valence-electron chi connectivity index (χ4n) is 3.07. The third kappa shape index (κ3) is 3.35. The molecular weight excluding hydrogens is 426 g/mol. The number of hydrogen-bond acceptors (Lipinski definition) is 2. The first-order chi connectivity index (χ1) is 13.0. The Kier molecular flexibility index (Phi) is 4.92. The van der Waals surface area contributed by atoms with Gasteiger partial charge >= 0.3 is 5.63 Å². The molecule has 0 saturated carbocycles. The Hall–Kier alpha value is -1.97. The van der Waals surface area contributed by atoms with Crippen LogP contribution >= 0.6 is 46.4 Å². The van der Waals surface area contributed by atoms with Crippen LogP contribution in [-0.2, 0) is 0 Å². The molecule has 0 radical (unpaired) electrons. The van der Waals surface area contributed by atoms with Crippen LogP contribution in [0, 0.1) is 0 Å². The van der Waals surface area contributed by atoms with E-state index in [0.29, 0.717) is 37.1 Å². The standard InChI is InChI=1S/C21H10Cl4O2/c22-12-6-7-14(16(24)9-12)19-18(11-4-2-1-3-5-11)15-8-13(23)10-17(25)20(15)27-21(19)26/h1-10H. The minimum absolute atomic E-state index is 0.264. The van der Waals surface area contributed by atoms with E-state index in [1.165, 1.54) is 6.07 Å². The smallest absolute Gasteiger partial charge is 0.344 e. The monoisotopic (exact) mass is 434 g/mol. The predicted octanol–water partition coefficient (Wildman–Crippen LogP) is 7.74. The summed E-state index contributed by atoms with van der Waals surface area (Å²) in [5, 5.41) is 2.15. The van der Waals surface area contributed by atoms with E-state index in [1.807, 2.05) is 30.3 Å². The third-order valence-electron chi connectivity index (χ3n) is 4.19. The van der Waals surface area contributed by atoms with Crippen molar-refractivity contribution in [2.24, 2.45) is 0 Å². The number of fused-ring (bicyclic) bond motifs is 1. The average Bonchev–Trinajstić information content (AvgIpc) is 2.63. The van der Waals surface area contributed by atoms with E-state index < -0.39 is 5.63 Å². The van der Waals surface area contributed by atoms with Gasteiger partial charge < -0.3 is 4.42 Å². The Labute approximate surface area is 174 Å². The Bertz CT molecular complexity index is 1230. The number of hydrogen-bond donors (Lipinski definition) is 0. The summed E-state index contributed by atoms with van der Waals surface area (Å²) in [6.45, 7) is 0. The zero-order chi connectivity index (χ0) is 19.1. The van der Waals surface area contributed by atoms with Crippen LogP contribution in [0.3, 0.4) is 0 Å². The largest absolute Gasteiger partial charge is 0.421 e. The highest BCUT2D eigenvalue weighted by molar-refractivity contribution is 6.39. The number of benzene rings is 3. The Morgan fingerprint density at radius 3 is 2.11 bits per heavy atom. The summed E-state index contributed by atoms with van der Waals surface area (Å²) in [6.07, 6.45) is 0. The first-order valence-electron chi connectivity index (χ1n) is 7.92. The number of halogens is 4. The third-order valence-corrected chi connectivity index (χ3v) is 5.24. The van der Waals surface area contributed by atoms with Gasteiger partial charge in [0, 0.05) is 26.6 Å². The van der Waals surface area contributed by atoms with E-state index in [2.05, 4.69) is 0 Å². The summed E-state index contributed by atoms with van der Waals surface area (Å²) in [5.74, 6) is 0. The molecule has 27 heavy (non-hydrogen) atoms. The maximum Gasteiger partial charge on any atom is 0.344 e. The Morgan fingerprint density at radius 2 is 1.41 bits per heavy atom. The normalized spacial score (nSPS) is 11.1. The Morgan fingerprint density at radius 1 is 0.704 bits per heavy atom. The zero-order valence-corrected chi connectivity index (χ0v) is 16.6. The van der Waals surface area contributed by atoms with Gasteiger partial charge in [-0.2, -0.15) is 0 Å². The van der Waals surface area contributed by atoms with E-state index in [-0.39, 0.29) is 10.6 Å². The van der Waals surface area contributed by atoms with Gasteiger partial charge in [0.05, 0.1) is 15.6 Å². The molecule has 4 rings (SSSR count). The van der Waals surface area contributed by atoms with Gasteiger partial charge in [-0.05, 0) is 29.8 Å². The van der Waals surface area contributed by atoms with Gasteiger partial charge in [0.2, 0.25) is 0 Å². The highest BCUT2D eigenvalue weighted by Gasteiger charge is 2.21. The van der Waals surface area contributed by atoms with Crippen LogP contribution in [0.15, 0.2) is 69.9 Å². The molecule has 0 amide bonds. The van der Waals surface area contributed by atoms with Crippen LogP contribution in [0.1, 0.15) is 0 Å². The molecule has 0 aliphatic rings. The van der Waals surface area contributed by atoms with Crippen molar-refractivity contribution in [2.75, 3.05) is 0 Å². The second-order valence-corrected chi connectivity index (χ2v) is 7.58. The molecule has 0 fully saturated rings. The molecule has 0 bridgehead atoms. The molecule has 0 spiro atoms. The van der Waals surface area contributed by atoms with Crippen molar-refractivity contribution >= 4 is 57.4 Å². The van der Waals surface area contributed by atoms with Crippen LogP contribution in [-0.4, -0.2) is 0 Å². The summed E-state index contributed by atoms with van der Waals surface area (Å²) in [5.41, 5.74) is 2.04. The first kappa shape index (κ1) is 18.4. The molecule has 0 aliphatic carbocycles. The van der Waals surface area contributed by atoms with Crippen molar-refractivity contribution < 1.29 is 4.42 Å². The second-order valence-electron chi connectivity index (χ2n) is 5.89. The molecule has 1 aromatic heterocycles. The van der Waals surface area contributed by atoms with E-state index in [0.717, 1.165) is 5.56 Å². The van der Waals surface area contributed by atoms with Crippen molar-refractivity contribution in [2.45, 2.75) is 0 Å². The van der Waals surface area contributed by atoms with E-state index in [9.17, 15) is 4.79 Å². The topological polar surface area (TPSA) is 30.2 Å². The maximum atomic E-state index is 13.0. The van der Waals surface area contributed by atoms with Crippen molar-refractivity contribution in [1.29, 1.82) is 0 Å². The molecule has 0 saturated heterocycles. The fourth-order valence-corrected chi connectivity index (χ4v) is 4.11. The summed E-state index contributed by atoms with van der Waals surface area (Å²) in [4.78, 5) is 13.0. The van der Waals surface area contributed by atoms with Gasteiger partial charge in [-0.1, -0.05) is 82.8 Å². The molecule has 0 atom stereocenters. The summed E-state index contributed by atoms with van der Waals surface area (Å²) < 4.78 is 5.54. The molecule has 0 aliphatic heterocycles. The van der Waals surface area contributed by atoms with Gasteiger partial charge in [-0.15, -0.1) is 0 Å². The summed E-state index contributed by atoms with van der Waals surface area (Å²) in [6, 6.07) is 17.7. The quantitative estimate of drug-likeness (QED) is 0.301. The number of rotatable bonds is 2. The molecule has 6 heteroatoms. The molecule has 3 aromatic carbocycles. The van der Waals surface area contributed by atoms with Gasteiger partial charge in [0.25, 0.3) is 0 Å². The van der Waals surface area contributed by atoms with E-state index in [4.69, 9.17) is 50.8 Å². The van der Waals surface area contributed by atoms with Gasteiger partial charge in [0.1, 0.15) is 0 Å². The SMILES string of the molecule is O=c1oc2c(Cl)cc(Cl)cc2c(-c2ccccc2)c1-c1ccc(Cl)cc1Cl. The van der Waals surface area contributed by atoms with Crippen LogP contribution in [0.2, 0.25) is 20.1 Å². The van der Waals surface area contributed by atoms with Crippen LogP contribution in [0.25, 0.3) is 33.2 Å². The zero-order valence-electron chi connectivity index (χ0n) is 13.6. The predicted molar refractivity (Wildman–Crippen MR) is 113 cm³/mol. The lowest BCUT2D eigenvalue weighted by atomic mass is 9.93. The maximum absolute atomic E-state index is 13.0. The van der Waals surface area contributed by atoms with Crippen molar-refractivity contribution in [1.82, 2.24) is 0 Å². The Balaban J connectivity index is 2.22. The minimum Gasteiger partial charge on any atom is -0.421 e. The lowest BCUT2D eigenvalue weighted by Crippen LogP contribution is -2.06. The highest BCUT2D eigenvalue weighted by atomic mass is 35.5. The van der Waals surface area contributed by atoms with Crippen LogP contribution < -0.4 is 5.63 Å².